The molecule has 0 bridgehead atoms. The fourth-order valence-electron chi connectivity index (χ4n) is 2.74. The van der Waals surface area contributed by atoms with Crippen molar-refractivity contribution < 1.29 is 0 Å². The molecule has 0 aromatic carbocycles. The van der Waals surface area contributed by atoms with Crippen molar-refractivity contribution in [2.24, 2.45) is 5.92 Å². The summed E-state index contributed by atoms with van der Waals surface area (Å²) in [7, 11) is 0. The van der Waals surface area contributed by atoms with Crippen molar-refractivity contribution in [2.45, 2.75) is 59.4 Å². The van der Waals surface area contributed by atoms with Crippen LogP contribution in [0.15, 0.2) is 0 Å². The summed E-state index contributed by atoms with van der Waals surface area (Å²) in [6.07, 6.45) is 6.32. The molecular formula is C15H27N3. The highest BCUT2D eigenvalue weighted by atomic mass is 15.1. The Balaban J connectivity index is 1.84. The zero-order valence-corrected chi connectivity index (χ0v) is 12.1. The van der Waals surface area contributed by atoms with Gasteiger partial charge >= 0.3 is 0 Å². The van der Waals surface area contributed by atoms with Gasteiger partial charge < -0.3 is 9.88 Å². The maximum absolute atomic E-state index is 4.71. The Kier molecular flexibility index (Phi) is 4.81. The predicted octanol–water partition coefficient (Wildman–Crippen LogP) is 2.71. The molecular weight excluding hydrogens is 222 g/mol. The van der Waals surface area contributed by atoms with Crippen molar-refractivity contribution in [3.8, 4) is 0 Å². The molecule has 1 aromatic heterocycles. The molecule has 1 aromatic rings. The fourth-order valence-corrected chi connectivity index (χ4v) is 2.74. The highest BCUT2D eigenvalue weighted by Gasteiger charge is 2.17. The lowest BCUT2D eigenvalue weighted by Crippen LogP contribution is -2.23. The molecule has 3 heteroatoms. The maximum Gasteiger partial charge on any atom is 0.106 e. The van der Waals surface area contributed by atoms with Crippen molar-refractivity contribution in [3.05, 3.63) is 17.2 Å². The lowest BCUT2D eigenvalue weighted by molar-refractivity contribution is 0.508. The van der Waals surface area contributed by atoms with Crippen molar-refractivity contribution in [1.29, 1.82) is 0 Å². The van der Waals surface area contributed by atoms with Crippen molar-refractivity contribution in [2.75, 3.05) is 13.1 Å². The molecule has 0 aliphatic heterocycles. The molecule has 0 fully saturated rings. The molecule has 0 unspecified atom stereocenters. The van der Waals surface area contributed by atoms with E-state index in [0.717, 1.165) is 25.6 Å². The van der Waals surface area contributed by atoms with E-state index in [9.17, 15) is 0 Å². The second-order valence-electron chi connectivity index (χ2n) is 5.84. The van der Waals surface area contributed by atoms with Crippen LogP contribution in [-0.4, -0.2) is 22.6 Å². The van der Waals surface area contributed by atoms with Gasteiger partial charge in [0.2, 0.25) is 0 Å². The monoisotopic (exact) mass is 249 g/mol. The molecule has 0 saturated carbocycles. The number of rotatable bonds is 6. The van der Waals surface area contributed by atoms with E-state index in [2.05, 4.69) is 30.7 Å². The minimum atomic E-state index is 0.792. The van der Waals surface area contributed by atoms with Gasteiger partial charge in [-0.1, -0.05) is 13.8 Å². The average molecular weight is 249 g/mol. The Morgan fingerprint density at radius 1 is 1.22 bits per heavy atom. The molecule has 1 aliphatic rings. The van der Waals surface area contributed by atoms with Crippen LogP contribution in [0.5, 0.6) is 0 Å². The molecule has 1 heterocycles. The smallest absolute Gasteiger partial charge is 0.106 e. The lowest BCUT2D eigenvalue weighted by Gasteiger charge is -2.15. The number of hydrogen-bond acceptors (Lipinski definition) is 2. The van der Waals surface area contributed by atoms with Crippen LogP contribution in [0, 0.1) is 12.8 Å². The number of nitrogens with one attached hydrogen (secondary N) is 1. The molecule has 3 nitrogen and oxygen atoms in total. The highest BCUT2D eigenvalue weighted by Crippen LogP contribution is 2.21. The van der Waals surface area contributed by atoms with Crippen molar-refractivity contribution >= 4 is 0 Å². The summed E-state index contributed by atoms with van der Waals surface area (Å²) in [6.45, 7) is 9.97. The average Bonchev–Trinajstić information content (AvgIpc) is 2.65. The largest absolute Gasteiger partial charge is 0.331 e. The number of fused-ring (bicyclic) bond motifs is 1. The molecule has 102 valence electrons. The van der Waals surface area contributed by atoms with Gasteiger partial charge in [0.05, 0.1) is 5.69 Å². The fraction of sp³-hybridized carbons (Fsp3) is 0.800. The number of hydrogen-bond donors (Lipinski definition) is 1. The summed E-state index contributed by atoms with van der Waals surface area (Å²) in [4.78, 5) is 4.71. The first-order chi connectivity index (χ1) is 8.68. The SMILES string of the molecule is Cc1nc2c(n1CCNCCC(C)C)CCCC2. The topological polar surface area (TPSA) is 29.9 Å². The minimum absolute atomic E-state index is 0.792. The van der Waals surface area contributed by atoms with E-state index >= 15 is 0 Å². The molecule has 18 heavy (non-hydrogen) atoms. The third-order valence-corrected chi connectivity index (χ3v) is 3.83. The zero-order valence-electron chi connectivity index (χ0n) is 12.1. The molecule has 0 radical (unpaired) electrons. The molecule has 0 saturated heterocycles. The standard InChI is InChI=1S/C15H27N3/c1-12(2)8-9-16-10-11-18-13(3)17-14-6-4-5-7-15(14)18/h12,16H,4-11H2,1-3H3. The second kappa shape index (κ2) is 6.37. The van der Waals surface area contributed by atoms with Gasteiger partial charge in [0.1, 0.15) is 5.82 Å². The van der Waals surface area contributed by atoms with E-state index in [1.807, 2.05) is 0 Å². The van der Waals surface area contributed by atoms with Gasteiger partial charge in [-0.15, -0.1) is 0 Å². The summed E-state index contributed by atoms with van der Waals surface area (Å²) in [5.41, 5.74) is 2.87. The normalized spacial score (nSPS) is 15.1. The van der Waals surface area contributed by atoms with Gasteiger partial charge in [0.25, 0.3) is 0 Å². The summed E-state index contributed by atoms with van der Waals surface area (Å²) in [6, 6.07) is 0. The Morgan fingerprint density at radius 3 is 2.78 bits per heavy atom. The second-order valence-corrected chi connectivity index (χ2v) is 5.84. The van der Waals surface area contributed by atoms with Crippen LogP contribution in [0.3, 0.4) is 0 Å². The van der Waals surface area contributed by atoms with E-state index in [0.29, 0.717) is 0 Å². The quantitative estimate of drug-likeness (QED) is 0.786. The first-order valence-electron chi connectivity index (χ1n) is 7.44. The third-order valence-electron chi connectivity index (χ3n) is 3.83. The number of aryl methyl sites for hydroxylation is 2. The Morgan fingerprint density at radius 2 is 2.00 bits per heavy atom. The number of imidazole rings is 1. The van der Waals surface area contributed by atoms with Gasteiger partial charge in [-0.3, -0.25) is 0 Å². The van der Waals surface area contributed by atoms with Crippen LogP contribution in [0.2, 0.25) is 0 Å². The van der Waals surface area contributed by atoms with Crippen LogP contribution in [0.1, 0.15) is 50.3 Å². The molecule has 0 atom stereocenters. The molecule has 1 aliphatic carbocycles. The Labute approximate surface area is 111 Å². The van der Waals surface area contributed by atoms with Gasteiger partial charge in [-0.25, -0.2) is 4.98 Å². The molecule has 0 amide bonds. The first kappa shape index (κ1) is 13.6. The number of nitrogens with zero attached hydrogens (tertiary/aromatic N) is 2. The Hall–Kier alpha value is -0.830. The molecule has 1 N–H and O–H groups in total. The minimum Gasteiger partial charge on any atom is -0.331 e. The van der Waals surface area contributed by atoms with Crippen LogP contribution in [0.4, 0.5) is 0 Å². The van der Waals surface area contributed by atoms with Crippen LogP contribution in [-0.2, 0) is 19.4 Å². The van der Waals surface area contributed by atoms with Crippen LogP contribution in [0.25, 0.3) is 0 Å². The van der Waals surface area contributed by atoms with E-state index in [-0.39, 0.29) is 0 Å². The Bertz CT molecular complexity index is 379. The van der Waals surface area contributed by atoms with Crippen molar-refractivity contribution in [3.63, 3.8) is 0 Å². The van der Waals surface area contributed by atoms with Gasteiger partial charge in [-0.05, 0) is 51.5 Å². The third kappa shape index (κ3) is 3.35. The number of aromatic nitrogens is 2. The van der Waals surface area contributed by atoms with E-state index in [4.69, 9.17) is 4.98 Å². The zero-order chi connectivity index (χ0) is 13.0. The first-order valence-corrected chi connectivity index (χ1v) is 7.44. The van der Waals surface area contributed by atoms with E-state index in [1.54, 1.807) is 0 Å². The maximum atomic E-state index is 4.71. The van der Waals surface area contributed by atoms with Gasteiger partial charge in [0, 0.05) is 18.8 Å². The summed E-state index contributed by atoms with van der Waals surface area (Å²) < 4.78 is 2.43. The van der Waals surface area contributed by atoms with Gasteiger partial charge in [-0.2, -0.15) is 0 Å². The van der Waals surface area contributed by atoms with Crippen LogP contribution >= 0.6 is 0 Å². The summed E-state index contributed by atoms with van der Waals surface area (Å²) in [5, 5.41) is 3.54. The molecule has 0 spiro atoms. The van der Waals surface area contributed by atoms with Crippen LogP contribution < -0.4 is 5.32 Å². The molecule has 2 rings (SSSR count). The predicted molar refractivity (Wildman–Crippen MR) is 75.9 cm³/mol. The summed E-state index contributed by atoms with van der Waals surface area (Å²) >= 11 is 0. The summed E-state index contributed by atoms with van der Waals surface area (Å²) in [5.74, 6) is 1.99. The van der Waals surface area contributed by atoms with E-state index in [1.165, 1.54) is 49.3 Å². The lowest BCUT2D eigenvalue weighted by atomic mass is 10.0. The van der Waals surface area contributed by atoms with E-state index < -0.39 is 0 Å². The van der Waals surface area contributed by atoms with Crippen molar-refractivity contribution in [1.82, 2.24) is 14.9 Å². The van der Waals surface area contributed by atoms with Gasteiger partial charge in [0.15, 0.2) is 0 Å². The highest BCUT2D eigenvalue weighted by molar-refractivity contribution is 5.19.